The molecule has 5 heteroatoms. The highest BCUT2D eigenvalue weighted by Crippen LogP contribution is 2.52. The number of benzene rings is 2. The third-order valence-electron chi connectivity index (χ3n) is 6.67. The van der Waals surface area contributed by atoms with Crippen LogP contribution in [-0.2, 0) is 9.59 Å². The second kappa shape index (κ2) is 10.7. The fraction of sp³-hybridized carbons (Fsp3) is 0.407. The molecule has 2 aromatic carbocycles. The Labute approximate surface area is 201 Å². The lowest BCUT2D eigenvalue weighted by atomic mass is 9.67. The van der Waals surface area contributed by atoms with Crippen molar-refractivity contribution in [3.05, 3.63) is 82.4 Å². The summed E-state index contributed by atoms with van der Waals surface area (Å²) in [5.74, 6) is 0.163. The molecule has 0 N–H and O–H groups in total. The summed E-state index contributed by atoms with van der Waals surface area (Å²) in [5.41, 5.74) is 1.57. The minimum absolute atomic E-state index is 0.0421. The van der Waals surface area contributed by atoms with E-state index in [0.29, 0.717) is 35.7 Å². The van der Waals surface area contributed by atoms with Crippen LogP contribution in [0.1, 0.15) is 69.0 Å². The molecule has 0 spiro atoms. The van der Waals surface area contributed by atoms with Crippen molar-refractivity contribution < 1.29 is 9.59 Å². The number of halogens is 2. The molecule has 1 saturated heterocycles. The molecule has 1 aliphatic rings. The van der Waals surface area contributed by atoms with Gasteiger partial charge in [0.15, 0.2) is 0 Å². The Morgan fingerprint density at radius 3 is 2.47 bits per heavy atom. The normalized spacial score (nSPS) is 24.2. The molecule has 0 radical (unpaired) electrons. The molecule has 0 saturated carbocycles. The Morgan fingerprint density at radius 1 is 1.16 bits per heavy atom. The van der Waals surface area contributed by atoms with Gasteiger partial charge in [-0.25, -0.2) is 0 Å². The van der Waals surface area contributed by atoms with E-state index in [-0.39, 0.29) is 23.9 Å². The van der Waals surface area contributed by atoms with Crippen molar-refractivity contribution in [1.29, 1.82) is 0 Å². The van der Waals surface area contributed by atoms with Gasteiger partial charge < -0.3 is 9.69 Å². The Morgan fingerprint density at radius 2 is 1.88 bits per heavy atom. The molecule has 1 amide bonds. The predicted molar refractivity (Wildman–Crippen MR) is 132 cm³/mol. The Bertz CT molecular complexity index is 958. The van der Waals surface area contributed by atoms with Crippen molar-refractivity contribution in [1.82, 2.24) is 4.90 Å². The van der Waals surface area contributed by atoms with Crippen molar-refractivity contribution >= 4 is 35.4 Å². The minimum atomic E-state index is -0.577. The summed E-state index contributed by atoms with van der Waals surface area (Å²) in [6.07, 6.45) is 5.89. The van der Waals surface area contributed by atoms with Gasteiger partial charge in [-0.2, -0.15) is 0 Å². The molecule has 0 aromatic heterocycles. The van der Waals surface area contributed by atoms with E-state index in [1.807, 2.05) is 60.4 Å². The van der Waals surface area contributed by atoms with E-state index in [1.54, 1.807) is 0 Å². The van der Waals surface area contributed by atoms with Crippen molar-refractivity contribution in [3.8, 4) is 0 Å². The van der Waals surface area contributed by atoms with Gasteiger partial charge in [0.2, 0.25) is 5.91 Å². The average Bonchev–Trinajstić information content (AvgIpc) is 2.77. The van der Waals surface area contributed by atoms with Gasteiger partial charge in [0.05, 0.1) is 11.5 Å². The zero-order valence-electron chi connectivity index (χ0n) is 18.8. The van der Waals surface area contributed by atoms with E-state index < -0.39 is 5.41 Å². The maximum atomic E-state index is 14.0. The van der Waals surface area contributed by atoms with E-state index in [1.165, 1.54) is 0 Å². The zero-order valence-corrected chi connectivity index (χ0v) is 20.3. The maximum Gasteiger partial charge on any atom is 0.229 e. The molecule has 32 heavy (non-hydrogen) atoms. The molecule has 0 aliphatic carbocycles. The van der Waals surface area contributed by atoms with E-state index >= 15 is 0 Å². The molecule has 170 valence electrons. The number of hydrogen-bond donors (Lipinski definition) is 0. The van der Waals surface area contributed by atoms with Crippen molar-refractivity contribution in [2.75, 3.05) is 0 Å². The molecule has 1 heterocycles. The van der Waals surface area contributed by atoms with E-state index in [2.05, 4.69) is 19.6 Å². The van der Waals surface area contributed by atoms with Crippen molar-refractivity contribution in [2.45, 2.75) is 64.0 Å². The lowest BCUT2D eigenvalue weighted by Crippen LogP contribution is -2.55. The third-order valence-corrected chi connectivity index (χ3v) is 7.15. The van der Waals surface area contributed by atoms with Crippen LogP contribution < -0.4 is 0 Å². The summed E-state index contributed by atoms with van der Waals surface area (Å²) in [5, 5.41) is 1.34. The average molecular weight is 472 g/mol. The van der Waals surface area contributed by atoms with Crippen LogP contribution in [0.4, 0.5) is 0 Å². The van der Waals surface area contributed by atoms with Gasteiger partial charge in [-0.15, -0.1) is 6.58 Å². The summed E-state index contributed by atoms with van der Waals surface area (Å²) >= 11 is 12.6. The number of aldehydes is 1. The van der Waals surface area contributed by atoms with Crippen LogP contribution in [0.15, 0.2) is 61.2 Å². The number of carbonyl (C=O) groups excluding carboxylic acids is 2. The van der Waals surface area contributed by atoms with Gasteiger partial charge in [0.1, 0.15) is 6.29 Å². The molecule has 3 nitrogen and oxygen atoms in total. The second-order valence-electron chi connectivity index (χ2n) is 8.93. The molecular weight excluding hydrogens is 441 g/mol. The minimum Gasteiger partial charge on any atom is -0.332 e. The molecular formula is C27H31Cl2NO2. The molecule has 0 unspecified atom stereocenters. The standard InChI is InChI=1S/C27H31Cl2NO2/c1-4-15-27(3)18-24(20-8-6-9-22(29)17-20)25(19-11-13-21(28)14-12-19)30(26(27)32)23(5-2)10-7-16-31/h4,6,8-9,11-14,16-17,23-25H,1,5,7,10,15,18H2,2-3H3/t23-,24+,25+,27-/m0/s1. The Hall–Kier alpha value is -2.10. The molecule has 3 rings (SSSR count). The first-order valence-corrected chi connectivity index (χ1v) is 12.0. The highest BCUT2D eigenvalue weighted by atomic mass is 35.5. The number of likely N-dealkylation sites (tertiary alicyclic amines) is 1. The number of hydrogen-bond acceptors (Lipinski definition) is 2. The van der Waals surface area contributed by atoms with Crippen LogP contribution in [0.5, 0.6) is 0 Å². The van der Waals surface area contributed by atoms with Crippen LogP contribution in [0.25, 0.3) is 0 Å². The van der Waals surface area contributed by atoms with E-state index in [4.69, 9.17) is 23.2 Å². The highest BCUT2D eigenvalue weighted by Gasteiger charge is 2.50. The second-order valence-corrected chi connectivity index (χ2v) is 9.81. The van der Waals surface area contributed by atoms with Gasteiger partial charge in [-0.3, -0.25) is 4.79 Å². The summed E-state index contributed by atoms with van der Waals surface area (Å²) < 4.78 is 0. The quantitative estimate of drug-likeness (QED) is 0.282. The molecule has 4 atom stereocenters. The van der Waals surface area contributed by atoms with Crippen LogP contribution in [0, 0.1) is 5.41 Å². The largest absolute Gasteiger partial charge is 0.332 e. The van der Waals surface area contributed by atoms with Gasteiger partial charge in [0.25, 0.3) is 0 Å². The van der Waals surface area contributed by atoms with Crippen molar-refractivity contribution in [2.24, 2.45) is 5.41 Å². The van der Waals surface area contributed by atoms with Crippen molar-refractivity contribution in [3.63, 3.8) is 0 Å². The maximum absolute atomic E-state index is 14.0. The fourth-order valence-electron chi connectivity index (χ4n) is 5.09. The van der Waals surface area contributed by atoms with Crippen LogP contribution >= 0.6 is 23.2 Å². The first-order valence-electron chi connectivity index (χ1n) is 11.2. The summed E-state index contributed by atoms with van der Waals surface area (Å²) in [7, 11) is 0. The smallest absolute Gasteiger partial charge is 0.229 e. The molecule has 2 aromatic rings. The van der Waals surface area contributed by atoms with Gasteiger partial charge in [-0.05, 0) is 61.1 Å². The lowest BCUT2D eigenvalue weighted by molar-refractivity contribution is -0.155. The number of rotatable bonds is 9. The van der Waals surface area contributed by atoms with Crippen LogP contribution in [0.2, 0.25) is 10.0 Å². The summed E-state index contributed by atoms with van der Waals surface area (Å²) in [4.78, 5) is 27.3. The van der Waals surface area contributed by atoms with Gasteiger partial charge >= 0.3 is 0 Å². The third kappa shape index (κ3) is 5.10. The lowest BCUT2D eigenvalue weighted by Gasteiger charge is -2.52. The van der Waals surface area contributed by atoms with E-state index in [9.17, 15) is 9.59 Å². The summed E-state index contributed by atoms with van der Waals surface area (Å²) in [6, 6.07) is 15.5. The number of piperidine rings is 1. The fourth-order valence-corrected chi connectivity index (χ4v) is 5.41. The summed E-state index contributed by atoms with van der Waals surface area (Å²) in [6.45, 7) is 8.03. The first kappa shape index (κ1) is 24.5. The number of amides is 1. The van der Waals surface area contributed by atoms with Crippen LogP contribution in [0.3, 0.4) is 0 Å². The highest BCUT2D eigenvalue weighted by molar-refractivity contribution is 6.30. The van der Waals surface area contributed by atoms with E-state index in [0.717, 1.165) is 23.8 Å². The SMILES string of the molecule is C=CC[C@@]1(C)C[C@H](c2cccc(Cl)c2)[C@@H](c2ccc(Cl)cc2)N([C@@H](CC)CCC=O)C1=O. The molecule has 1 aliphatic heterocycles. The molecule has 0 bridgehead atoms. The number of nitrogens with zero attached hydrogens (tertiary/aromatic N) is 1. The monoisotopic (exact) mass is 471 g/mol. The molecule has 1 fully saturated rings. The predicted octanol–water partition coefficient (Wildman–Crippen LogP) is 7.39. The Balaban J connectivity index is 2.21. The van der Waals surface area contributed by atoms with Gasteiger partial charge in [-0.1, -0.05) is 67.4 Å². The number of carbonyl (C=O) groups is 2. The van der Waals surface area contributed by atoms with Crippen LogP contribution in [-0.4, -0.2) is 23.1 Å². The van der Waals surface area contributed by atoms with Gasteiger partial charge in [0, 0.05) is 28.4 Å². The first-order chi connectivity index (χ1) is 15.3. The number of allylic oxidation sites excluding steroid dienone is 1. The topological polar surface area (TPSA) is 37.4 Å². The zero-order chi connectivity index (χ0) is 23.3. The Kier molecular flexibility index (Phi) is 8.19.